The van der Waals surface area contributed by atoms with E-state index in [2.05, 4.69) is 65.8 Å². The fraction of sp³-hybridized carbons (Fsp3) is 0.636. The molecule has 0 aromatic heterocycles. The molecule has 0 aliphatic carbocycles. The number of hydrogen-bond donors (Lipinski definition) is 0. The van der Waals surface area contributed by atoms with Gasteiger partial charge in [0.05, 0.1) is 26.4 Å². The SMILES string of the molecule is CCc1cc(C(C)(C)c2cc(CC)c(OC(C)OCC3CO3)c(CC)c2)cc(CC)c1OC(C)OCC1CO1. The lowest BCUT2D eigenvalue weighted by atomic mass is 9.75. The molecule has 2 aliphatic heterocycles. The normalized spacial score (nSPS) is 20.0. The maximum absolute atomic E-state index is 6.36. The van der Waals surface area contributed by atoms with Crippen LogP contribution in [-0.2, 0) is 50.0 Å². The summed E-state index contributed by atoms with van der Waals surface area (Å²) in [5, 5.41) is 0. The number of epoxide rings is 2. The van der Waals surface area contributed by atoms with Gasteiger partial charge in [0.15, 0.2) is 12.6 Å². The van der Waals surface area contributed by atoms with Crippen LogP contribution in [0.15, 0.2) is 24.3 Å². The standard InChI is InChI=1S/C33H48O6/c1-9-23-13-27(14-24(10-2)31(23)38-21(5)34-17-29-19-36-29)33(7,8)28-15-25(11-3)32(26(12-4)16-28)39-22(6)35-18-30-20-37-30/h13-16,21-22,29-30H,9-12,17-20H2,1-8H3. The molecule has 4 unspecified atom stereocenters. The van der Waals surface area contributed by atoms with Crippen LogP contribution < -0.4 is 9.47 Å². The number of ether oxygens (including phenoxy) is 6. The van der Waals surface area contributed by atoms with Gasteiger partial charge in [0.2, 0.25) is 0 Å². The summed E-state index contributed by atoms with van der Waals surface area (Å²) in [4.78, 5) is 0. The summed E-state index contributed by atoms with van der Waals surface area (Å²) < 4.78 is 35.0. The highest BCUT2D eigenvalue weighted by Gasteiger charge is 2.29. The summed E-state index contributed by atoms with van der Waals surface area (Å²) in [6, 6.07) is 9.29. The molecule has 6 heteroatoms. The van der Waals surface area contributed by atoms with Crippen molar-refractivity contribution in [3.63, 3.8) is 0 Å². The molecule has 2 aliphatic rings. The topological polar surface area (TPSA) is 62.0 Å². The highest BCUT2D eigenvalue weighted by Crippen LogP contribution is 2.40. The second-order valence-corrected chi connectivity index (χ2v) is 11.2. The quantitative estimate of drug-likeness (QED) is 0.178. The van der Waals surface area contributed by atoms with E-state index in [1.54, 1.807) is 0 Å². The molecule has 2 saturated heterocycles. The summed E-state index contributed by atoms with van der Waals surface area (Å²) in [5.74, 6) is 1.92. The molecular weight excluding hydrogens is 492 g/mol. The lowest BCUT2D eigenvalue weighted by Crippen LogP contribution is -2.24. The third-order valence-corrected chi connectivity index (χ3v) is 7.86. The zero-order valence-electron chi connectivity index (χ0n) is 25.2. The summed E-state index contributed by atoms with van der Waals surface area (Å²) in [6.45, 7) is 20.1. The van der Waals surface area contributed by atoms with Crippen molar-refractivity contribution in [2.45, 2.75) is 111 Å². The Morgan fingerprint density at radius 2 is 0.974 bits per heavy atom. The Morgan fingerprint density at radius 3 is 1.23 bits per heavy atom. The maximum Gasteiger partial charge on any atom is 0.197 e. The molecular formula is C33H48O6. The first-order valence-electron chi connectivity index (χ1n) is 14.8. The molecule has 0 spiro atoms. The van der Waals surface area contributed by atoms with Gasteiger partial charge in [-0.3, -0.25) is 0 Å². The van der Waals surface area contributed by atoms with Crippen LogP contribution in [0.4, 0.5) is 0 Å². The molecule has 4 rings (SSSR count). The van der Waals surface area contributed by atoms with Crippen molar-refractivity contribution >= 4 is 0 Å². The Kier molecular flexibility index (Phi) is 9.97. The number of hydrogen-bond acceptors (Lipinski definition) is 6. The second kappa shape index (κ2) is 13.0. The molecule has 4 atom stereocenters. The third kappa shape index (κ3) is 7.55. The van der Waals surface area contributed by atoms with E-state index in [4.69, 9.17) is 28.4 Å². The lowest BCUT2D eigenvalue weighted by molar-refractivity contribution is -0.0719. The van der Waals surface area contributed by atoms with Crippen LogP contribution in [0.1, 0.15) is 88.8 Å². The monoisotopic (exact) mass is 540 g/mol. The molecule has 2 fully saturated rings. The van der Waals surface area contributed by atoms with Gasteiger partial charge < -0.3 is 28.4 Å². The summed E-state index contributed by atoms with van der Waals surface area (Å²) in [6.07, 6.45) is 3.37. The van der Waals surface area contributed by atoms with Gasteiger partial charge in [0.1, 0.15) is 23.7 Å². The molecule has 0 N–H and O–H groups in total. The largest absolute Gasteiger partial charge is 0.465 e. The average molecular weight is 541 g/mol. The molecule has 0 amide bonds. The van der Waals surface area contributed by atoms with Gasteiger partial charge in [0.25, 0.3) is 0 Å². The minimum Gasteiger partial charge on any atom is -0.465 e. The van der Waals surface area contributed by atoms with E-state index in [1.807, 2.05) is 13.8 Å². The van der Waals surface area contributed by atoms with Crippen molar-refractivity contribution in [1.82, 2.24) is 0 Å². The van der Waals surface area contributed by atoms with Crippen LogP contribution >= 0.6 is 0 Å². The van der Waals surface area contributed by atoms with Crippen LogP contribution in [0.3, 0.4) is 0 Å². The van der Waals surface area contributed by atoms with E-state index in [0.717, 1.165) is 50.4 Å². The fourth-order valence-electron chi connectivity index (χ4n) is 4.96. The molecule has 2 aromatic carbocycles. The molecule has 216 valence electrons. The summed E-state index contributed by atoms with van der Waals surface area (Å²) >= 11 is 0. The van der Waals surface area contributed by atoms with Gasteiger partial charge >= 0.3 is 0 Å². The Balaban J connectivity index is 1.61. The molecule has 39 heavy (non-hydrogen) atoms. The van der Waals surface area contributed by atoms with Crippen molar-refractivity contribution in [2.24, 2.45) is 0 Å². The zero-order valence-corrected chi connectivity index (χ0v) is 25.2. The van der Waals surface area contributed by atoms with Crippen molar-refractivity contribution in [2.75, 3.05) is 26.4 Å². The van der Waals surface area contributed by atoms with Crippen LogP contribution in [0, 0.1) is 0 Å². The predicted octanol–water partition coefficient (Wildman–Crippen LogP) is 6.54. The minimum atomic E-state index is -0.321. The summed E-state index contributed by atoms with van der Waals surface area (Å²) in [7, 11) is 0. The van der Waals surface area contributed by atoms with E-state index >= 15 is 0 Å². The smallest absolute Gasteiger partial charge is 0.197 e. The van der Waals surface area contributed by atoms with Crippen LogP contribution in [0.25, 0.3) is 0 Å². The van der Waals surface area contributed by atoms with Crippen LogP contribution in [0.2, 0.25) is 0 Å². The van der Waals surface area contributed by atoms with Gasteiger partial charge in [0, 0.05) is 5.41 Å². The van der Waals surface area contributed by atoms with Gasteiger partial charge in [-0.25, -0.2) is 0 Å². The zero-order chi connectivity index (χ0) is 28.2. The molecule has 6 nitrogen and oxygen atoms in total. The first-order chi connectivity index (χ1) is 18.7. The van der Waals surface area contributed by atoms with Crippen molar-refractivity contribution in [3.8, 4) is 11.5 Å². The number of aryl methyl sites for hydroxylation is 4. The van der Waals surface area contributed by atoms with E-state index < -0.39 is 0 Å². The molecule has 0 radical (unpaired) electrons. The molecule has 0 bridgehead atoms. The highest BCUT2D eigenvalue weighted by molar-refractivity contribution is 5.53. The lowest BCUT2D eigenvalue weighted by Gasteiger charge is -2.31. The van der Waals surface area contributed by atoms with E-state index in [9.17, 15) is 0 Å². The fourth-order valence-corrected chi connectivity index (χ4v) is 4.96. The highest BCUT2D eigenvalue weighted by atomic mass is 16.7. The molecule has 2 heterocycles. The van der Waals surface area contributed by atoms with Crippen molar-refractivity contribution in [1.29, 1.82) is 0 Å². The molecule has 0 saturated carbocycles. The Hall–Kier alpha value is -2.12. The second-order valence-electron chi connectivity index (χ2n) is 11.2. The van der Waals surface area contributed by atoms with Gasteiger partial charge in [-0.1, -0.05) is 65.8 Å². The van der Waals surface area contributed by atoms with Crippen molar-refractivity contribution in [3.05, 3.63) is 57.6 Å². The Morgan fingerprint density at radius 1 is 0.667 bits per heavy atom. The summed E-state index contributed by atoms with van der Waals surface area (Å²) in [5.41, 5.74) is 7.25. The first-order valence-corrected chi connectivity index (χ1v) is 14.8. The van der Waals surface area contributed by atoms with E-state index in [1.165, 1.54) is 33.4 Å². The number of rotatable bonds is 16. The van der Waals surface area contributed by atoms with Gasteiger partial charge in [-0.15, -0.1) is 0 Å². The van der Waals surface area contributed by atoms with E-state index in [-0.39, 0.29) is 30.2 Å². The third-order valence-electron chi connectivity index (χ3n) is 7.86. The average Bonchev–Trinajstić information content (AvgIpc) is 3.86. The Labute approximate surface area is 235 Å². The van der Waals surface area contributed by atoms with Crippen LogP contribution in [-0.4, -0.2) is 51.2 Å². The van der Waals surface area contributed by atoms with Gasteiger partial charge in [-0.2, -0.15) is 0 Å². The minimum absolute atomic E-state index is 0.199. The molecule has 2 aromatic rings. The Bertz CT molecular complexity index is 966. The predicted molar refractivity (Wildman–Crippen MR) is 154 cm³/mol. The van der Waals surface area contributed by atoms with Gasteiger partial charge in [-0.05, 0) is 72.9 Å². The first kappa shape index (κ1) is 29.9. The maximum atomic E-state index is 6.36. The van der Waals surface area contributed by atoms with Crippen LogP contribution in [0.5, 0.6) is 11.5 Å². The van der Waals surface area contributed by atoms with E-state index in [0.29, 0.717) is 13.2 Å². The number of benzene rings is 2. The van der Waals surface area contributed by atoms with Crippen molar-refractivity contribution < 1.29 is 28.4 Å².